The van der Waals surface area contributed by atoms with E-state index in [0.29, 0.717) is 11.1 Å². The first-order valence-corrected chi connectivity index (χ1v) is 7.18. The average Bonchev–Trinajstić information content (AvgIpc) is 2.37. The van der Waals surface area contributed by atoms with Gasteiger partial charge in [0.25, 0.3) is 0 Å². The summed E-state index contributed by atoms with van der Waals surface area (Å²) in [5.41, 5.74) is 0.399. The molecule has 0 aliphatic heterocycles. The second kappa shape index (κ2) is 5.23. The lowest BCUT2D eigenvalue weighted by atomic mass is 10.1. The van der Waals surface area contributed by atoms with Crippen LogP contribution in [0.1, 0.15) is 6.42 Å². The van der Waals surface area contributed by atoms with E-state index in [1.807, 2.05) is 6.07 Å². The predicted octanol–water partition coefficient (Wildman–Crippen LogP) is 1.45. The molecule has 2 rings (SSSR count). The van der Waals surface area contributed by atoms with Crippen LogP contribution < -0.4 is 4.72 Å². The third-order valence-corrected chi connectivity index (χ3v) is 3.81. The van der Waals surface area contributed by atoms with Crippen molar-refractivity contribution in [2.45, 2.75) is 6.42 Å². The molecule has 0 atom stereocenters. The van der Waals surface area contributed by atoms with Crippen LogP contribution in [0.3, 0.4) is 0 Å². The number of hydrogen-bond acceptors (Lipinski definition) is 4. The standard InChI is InChI=1S/C12H12N2O4S/c15-12(16)5-7-19(17,18)14-11-3-1-2-9-4-6-13-8-10(9)11/h1-4,6,8,14H,5,7H2,(H,15,16). The van der Waals surface area contributed by atoms with Gasteiger partial charge in [0, 0.05) is 17.8 Å². The molecule has 19 heavy (non-hydrogen) atoms. The van der Waals surface area contributed by atoms with Crippen LogP contribution in [-0.4, -0.2) is 30.2 Å². The number of fused-ring (bicyclic) bond motifs is 1. The minimum atomic E-state index is -3.68. The fourth-order valence-electron chi connectivity index (χ4n) is 1.64. The van der Waals surface area contributed by atoms with Crippen LogP contribution in [0.4, 0.5) is 5.69 Å². The summed E-state index contributed by atoms with van der Waals surface area (Å²) in [7, 11) is -3.68. The van der Waals surface area contributed by atoms with E-state index < -0.39 is 28.2 Å². The monoisotopic (exact) mass is 280 g/mol. The summed E-state index contributed by atoms with van der Waals surface area (Å²) in [5.74, 6) is -1.61. The molecule has 1 aromatic heterocycles. The lowest BCUT2D eigenvalue weighted by Crippen LogP contribution is -2.19. The largest absolute Gasteiger partial charge is 0.481 e. The van der Waals surface area contributed by atoms with Crippen molar-refractivity contribution in [3.8, 4) is 0 Å². The smallest absolute Gasteiger partial charge is 0.304 e. The molecule has 7 heteroatoms. The number of rotatable bonds is 5. The van der Waals surface area contributed by atoms with Gasteiger partial charge in [0.15, 0.2) is 0 Å². The quantitative estimate of drug-likeness (QED) is 0.864. The lowest BCUT2D eigenvalue weighted by Gasteiger charge is -2.09. The van der Waals surface area contributed by atoms with E-state index in [1.54, 1.807) is 30.6 Å². The maximum Gasteiger partial charge on any atom is 0.304 e. The summed E-state index contributed by atoms with van der Waals surface area (Å²) >= 11 is 0. The fourth-order valence-corrected chi connectivity index (χ4v) is 2.70. The number of sulfonamides is 1. The maximum absolute atomic E-state index is 11.8. The van der Waals surface area contributed by atoms with Gasteiger partial charge in [-0.25, -0.2) is 8.42 Å². The van der Waals surface area contributed by atoms with Crippen molar-refractivity contribution in [1.82, 2.24) is 4.98 Å². The van der Waals surface area contributed by atoms with Crippen molar-refractivity contribution in [1.29, 1.82) is 0 Å². The van der Waals surface area contributed by atoms with Gasteiger partial charge < -0.3 is 5.11 Å². The number of nitrogens with one attached hydrogen (secondary N) is 1. The Morgan fingerprint density at radius 2 is 2.11 bits per heavy atom. The maximum atomic E-state index is 11.8. The lowest BCUT2D eigenvalue weighted by molar-refractivity contribution is -0.136. The Hall–Kier alpha value is -2.15. The minimum Gasteiger partial charge on any atom is -0.481 e. The molecule has 0 fully saturated rings. The van der Waals surface area contributed by atoms with E-state index in [1.165, 1.54) is 0 Å². The molecule has 0 aliphatic rings. The van der Waals surface area contributed by atoms with Gasteiger partial charge in [-0.2, -0.15) is 0 Å². The molecule has 0 radical (unpaired) electrons. The average molecular weight is 280 g/mol. The Balaban J connectivity index is 2.28. The van der Waals surface area contributed by atoms with Crippen molar-refractivity contribution in [2.24, 2.45) is 0 Å². The van der Waals surface area contributed by atoms with Gasteiger partial charge in [0.2, 0.25) is 10.0 Å². The van der Waals surface area contributed by atoms with Crippen molar-refractivity contribution in [3.05, 3.63) is 36.7 Å². The van der Waals surface area contributed by atoms with E-state index in [9.17, 15) is 13.2 Å². The zero-order chi connectivity index (χ0) is 13.9. The van der Waals surface area contributed by atoms with Crippen LogP contribution in [0.5, 0.6) is 0 Å². The fraction of sp³-hybridized carbons (Fsp3) is 0.167. The van der Waals surface area contributed by atoms with Crippen LogP contribution in [0, 0.1) is 0 Å². The Morgan fingerprint density at radius 1 is 1.32 bits per heavy atom. The number of carboxylic acid groups (broad SMARTS) is 1. The first kappa shape index (κ1) is 13.3. The van der Waals surface area contributed by atoms with E-state index in [4.69, 9.17) is 5.11 Å². The molecule has 0 aliphatic carbocycles. The number of pyridine rings is 1. The molecule has 0 amide bonds. The van der Waals surface area contributed by atoms with Gasteiger partial charge in [-0.15, -0.1) is 0 Å². The highest BCUT2D eigenvalue weighted by atomic mass is 32.2. The molecule has 0 unspecified atom stereocenters. The summed E-state index contributed by atoms with van der Waals surface area (Å²) in [6.07, 6.45) is 2.74. The molecule has 2 N–H and O–H groups in total. The van der Waals surface area contributed by atoms with Crippen LogP contribution in [-0.2, 0) is 14.8 Å². The first-order valence-electron chi connectivity index (χ1n) is 5.53. The Labute approximate surface area is 110 Å². The third-order valence-electron chi connectivity index (χ3n) is 2.53. The van der Waals surface area contributed by atoms with E-state index in [-0.39, 0.29) is 0 Å². The SMILES string of the molecule is O=C(O)CCS(=O)(=O)Nc1cccc2ccncc12. The van der Waals surface area contributed by atoms with Crippen molar-refractivity contribution in [2.75, 3.05) is 10.5 Å². The zero-order valence-corrected chi connectivity index (χ0v) is 10.7. The van der Waals surface area contributed by atoms with Crippen LogP contribution in [0.2, 0.25) is 0 Å². The zero-order valence-electron chi connectivity index (χ0n) is 9.91. The molecular weight excluding hydrogens is 268 g/mol. The number of hydrogen-bond donors (Lipinski definition) is 2. The van der Waals surface area contributed by atoms with Gasteiger partial charge in [-0.3, -0.25) is 14.5 Å². The van der Waals surface area contributed by atoms with Gasteiger partial charge >= 0.3 is 5.97 Å². The number of carboxylic acids is 1. The summed E-state index contributed by atoms with van der Waals surface area (Å²) in [5, 5.41) is 10.0. The van der Waals surface area contributed by atoms with Gasteiger partial charge in [0.05, 0.1) is 17.9 Å². The van der Waals surface area contributed by atoms with E-state index >= 15 is 0 Å². The van der Waals surface area contributed by atoms with E-state index in [2.05, 4.69) is 9.71 Å². The normalized spacial score (nSPS) is 11.4. The van der Waals surface area contributed by atoms with Crippen LogP contribution in [0.15, 0.2) is 36.7 Å². The number of aliphatic carboxylic acids is 1. The molecule has 100 valence electrons. The minimum absolute atomic E-state index is 0.399. The molecule has 0 saturated heterocycles. The number of aromatic nitrogens is 1. The molecule has 1 heterocycles. The highest BCUT2D eigenvalue weighted by Gasteiger charge is 2.14. The summed E-state index contributed by atoms with van der Waals surface area (Å²) in [6, 6.07) is 6.94. The summed E-state index contributed by atoms with van der Waals surface area (Å²) in [4.78, 5) is 14.4. The van der Waals surface area contributed by atoms with Crippen LogP contribution in [0.25, 0.3) is 10.8 Å². The molecule has 2 aromatic rings. The van der Waals surface area contributed by atoms with Gasteiger partial charge in [-0.1, -0.05) is 12.1 Å². The number of benzene rings is 1. The van der Waals surface area contributed by atoms with Crippen molar-refractivity contribution in [3.63, 3.8) is 0 Å². The first-order chi connectivity index (χ1) is 8.98. The van der Waals surface area contributed by atoms with E-state index in [0.717, 1.165) is 5.39 Å². The third kappa shape index (κ3) is 3.41. The molecular formula is C12H12N2O4S. The molecule has 1 aromatic carbocycles. The Kier molecular flexibility index (Phi) is 3.66. The molecule has 0 spiro atoms. The Morgan fingerprint density at radius 3 is 2.84 bits per heavy atom. The predicted molar refractivity (Wildman–Crippen MR) is 71.4 cm³/mol. The molecule has 0 saturated carbocycles. The second-order valence-corrected chi connectivity index (χ2v) is 5.81. The summed E-state index contributed by atoms with van der Waals surface area (Å²) < 4.78 is 25.9. The summed E-state index contributed by atoms with van der Waals surface area (Å²) in [6.45, 7) is 0. The van der Waals surface area contributed by atoms with Crippen molar-refractivity contribution >= 4 is 32.5 Å². The topological polar surface area (TPSA) is 96.4 Å². The Bertz CT molecular complexity index is 707. The second-order valence-electron chi connectivity index (χ2n) is 3.97. The van der Waals surface area contributed by atoms with Crippen molar-refractivity contribution < 1.29 is 18.3 Å². The molecule has 6 nitrogen and oxygen atoms in total. The number of nitrogens with zero attached hydrogens (tertiary/aromatic N) is 1. The highest BCUT2D eigenvalue weighted by molar-refractivity contribution is 7.92. The van der Waals surface area contributed by atoms with Gasteiger partial charge in [0.1, 0.15) is 0 Å². The van der Waals surface area contributed by atoms with Gasteiger partial charge in [-0.05, 0) is 17.5 Å². The van der Waals surface area contributed by atoms with Crippen LogP contribution >= 0.6 is 0 Å². The number of carbonyl (C=O) groups is 1. The highest BCUT2D eigenvalue weighted by Crippen LogP contribution is 2.23. The molecule has 0 bridgehead atoms. The number of anilines is 1.